The first-order valence-electron chi connectivity index (χ1n) is 7.49. The number of methoxy groups -OCH3 is 1. The van der Waals surface area contributed by atoms with Gasteiger partial charge in [0.15, 0.2) is 0 Å². The molecule has 0 spiro atoms. The van der Waals surface area contributed by atoms with Gasteiger partial charge in [0, 0.05) is 12.6 Å². The average molecular weight is 283 g/mol. The van der Waals surface area contributed by atoms with Gasteiger partial charge in [-0.1, -0.05) is 32.0 Å². The monoisotopic (exact) mass is 283 g/mol. The van der Waals surface area contributed by atoms with Crippen LogP contribution in [0, 0.1) is 13.8 Å². The van der Waals surface area contributed by atoms with Crippen LogP contribution >= 0.6 is 0 Å². The largest absolute Gasteiger partial charge is 0.496 e. The number of benzene rings is 2. The molecule has 0 radical (unpaired) electrons. The number of ether oxygens (including phenoxy) is 1. The summed E-state index contributed by atoms with van der Waals surface area (Å²) >= 11 is 0. The lowest BCUT2D eigenvalue weighted by molar-refractivity contribution is 0.411. The van der Waals surface area contributed by atoms with Crippen LogP contribution in [-0.2, 0) is 6.54 Å². The third-order valence-corrected chi connectivity index (χ3v) is 3.69. The van der Waals surface area contributed by atoms with E-state index < -0.39 is 0 Å². The molecule has 0 aliphatic carbocycles. The van der Waals surface area contributed by atoms with E-state index >= 15 is 0 Å². The minimum absolute atomic E-state index is 0.499. The zero-order valence-corrected chi connectivity index (χ0v) is 13.7. The van der Waals surface area contributed by atoms with Crippen molar-refractivity contribution >= 4 is 0 Å². The van der Waals surface area contributed by atoms with E-state index in [-0.39, 0.29) is 0 Å². The van der Waals surface area contributed by atoms with Crippen molar-refractivity contribution in [2.45, 2.75) is 40.3 Å². The van der Waals surface area contributed by atoms with Crippen molar-refractivity contribution in [2.24, 2.45) is 0 Å². The zero-order valence-electron chi connectivity index (χ0n) is 13.7. The number of rotatable bonds is 5. The van der Waals surface area contributed by atoms with Crippen molar-refractivity contribution in [1.82, 2.24) is 5.32 Å². The normalized spacial score (nSPS) is 11.0. The Morgan fingerprint density at radius 2 is 1.81 bits per heavy atom. The first kappa shape index (κ1) is 15.6. The van der Waals surface area contributed by atoms with Crippen molar-refractivity contribution in [2.75, 3.05) is 7.11 Å². The van der Waals surface area contributed by atoms with Crippen molar-refractivity contribution in [1.29, 1.82) is 0 Å². The quantitative estimate of drug-likeness (QED) is 0.873. The minimum atomic E-state index is 0.499. The summed E-state index contributed by atoms with van der Waals surface area (Å²) in [5, 5.41) is 3.46. The van der Waals surface area contributed by atoms with Gasteiger partial charge in [-0.2, -0.15) is 0 Å². The first-order valence-corrected chi connectivity index (χ1v) is 7.49. The minimum Gasteiger partial charge on any atom is -0.496 e. The van der Waals surface area contributed by atoms with Gasteiger partial charge < -0.3 is 10.1 Å². The van der Waals surface area contributed by atoms with Gasteiger partial charge >= 0.3 is 0 Å². The van der Waals surface area contributed by atoms with Gasteiger partial charge in [-0.25, -0.2) is 0 Å². The lowest BCUT2D eigenvalue weighted by Gasteiger charge is -2.13. The van der Waals surface area contributed by atoms with Crippen molar-refractivity contribution in [3.8, 4) is 16.9 Å². The van der Waals surface area contributed by atoms with E-state index in [1.807, 2.05) is 0 Å². The van der Waals surface area contributed by atoms with Crippen LogP contribution in [0.3, 0.4) is 0 Å². The second-order valence-corrected chi connectivity index (χ2v) is 5.87. The summed E-state index contributed by atoms with van der Waals surface area (Å²) in [5.74, 6) is 0.953. The fourth-order valence-corrected chi connectivity index (χ4v) is 2.49. The summed E-state index contributed by atoms with van der Waals surface area (Å²) in [6.07, 6.45) is 0. The summed E-state index contributed by atoms with van der Waals surface area (Å²) in [7, 11) is 1.72. The van der Waals surface area contributed by atoms with Gasteiger partial charge in [-0.05, 0) is 59.9 Å². The van der Waals surface area contributed by atoms with Gasteiger partial charge in [0.05, 0.1) is 7.11 Å². The van der Waals surface area contributed by atoms with Crippen LogP contribution in [0.5, 0.6) is 5.75 Å². The summed E-state index contributed by atoms with van der Waals surface area (Å²) in [5.41, 5.74) is 6.27. The van der Waals surface area contributed by atoms with Crippen LogP contribution in [-0.4, -0.2) is 13.2 Å². The van der Waals surface area contributed by atoms with E-state index in [2.05, 4.69) is 69.4 Å². The number of aryl methyl sites for hydroxylation is 2. The molecule has 0 aromatic heterocycles. The Balaban J connectivity index is 2.34. The van der Waals surface area contributed by atoms with E-state index in [4.69, 9.17) is 4.74 Å². The molecule has 1 N–H and O–H groups in total. The Morgan fingerprint density at radius 1 is 1.05 bits per heavy atom. The molecular formula is C19H25NO. The molecule has 0 aliphatic heterocycles. The number of hydrogen-bond donors (Lipinski definition) is 1. The van der Waals surface area contributed by atoms with E-state index in [0.717, 1.165) is 12.3 Å². The van der Waals surface area contributed by atoms with E-state index in [1.165, 1.54) is 27.8 Å². The summed E-state index contributed by atoms with van der Waals surface area (Å²) < 4.78 is 5.40. The van der Waals surface area contributed by atoms with Crippen molar-refractivity contribution in [3.63, 3.8) is 0 Å². The second kappa shape index (κ2) is 6.77. The second-order valence-electron chi connectivity index (χ2n) is 5.87. The van der Waals surface area contributed by atoms with Crippen molar-refractivity contribution in [3.05, 3.63) is 53.1 Å². The third kappa shape index (κ3) is 3.85. The van der Waals surface area contributed by atoms with Crippen molar-refractivity contribution < 1.29 is 4.74 Å². The van der Waals surface area contributed by atoms with E-state index in [0.29, 0.717) is 6.04 Å². The highest BCUT2D eigenvalue weighted by Crippen LogP contribution is 2.30. The predicted molar refractivity (Wildman–Crippen MR) is 89.9 cm³/mol. The lowest BCUT2D eigenvalue weighted by atomic mass is 9.96. The third-order valence-electron chi connectivity index (χ3n) is 3.69. The summed E-state index contributed by atoms with van der Waals surface area (Å²) in [6, 6.07) is 13.6. The lowest BCUT2D eigenvalue weighted by Crippen LogP contribution is -2.21. The summed E-state index contributed by atoms with van der Waals surface area (Å²) in [6.45, 7) is 9.46. The van der Waals surface area contributed by atoms with Crippen LogP contribution in [0.2, 0.25) is 0 Å². The molecule has 2 aromatic rings. The highest BCUT2D eigenvalue weighted by molar-refractivity contribution is 5.70. The molecule has 0 aliphatic rings. The van der Waals surface area contributed by atoms with Gasteiger partial charge in [-0.15, -0.1) is 0 Å². The molecule has 21 heavy (non-hydrogen) atoms. The Bertz CT molecular complexity index is 617. The summed E-state index contributed by atoms with van der Waals surface area (Å²) in [4.78, 5) is 0. The molecule has 2 rings (SSSR count). The average Bonchev–Trinajstić information content (AvgIpc) is 2.47. The first-order chi connectivity index (χ1) is 10.0. The van der Waals surface area contributed by atoms with Crippen LogP contribution in [0.15, 0.2) is 36.4 Å². The van der Waals surface area contributed by atoms with Gasteiger partial charge in [0.1, 0.15) is 5.75 Å². The molecule has 0 atom stereocenters. The van der Waals surface area contributed by atoms with Gasteiger partial charge in [0.2, 0.25) is 0 Å². The Morgan fingerprint density at radius 3 is 2.48 bits per heavy atom. The maximum atomic E-state index is 5.40. The Kier molecular flexibility index (Phi) is 5.03. The molecular weight excluding hydrogens is 258 g/mol. The number of nitrogens with one attached hydrogen (secondary N) is 1. The molecule has 0 saturated carbocycles. The standard InChI is InChI=1S/C19H25NO/c1-13(2)20-12-16-7-6-8-17(11-16)18-9-15(4)19(21-5)10-14(18)3/h6-11,13,20H,12H2,1-5H3. The molecule has 2 aromatic carbocycles. The molecule has 2 nitrogen and oxygen atoms in total. The smallest absolute Gasteiger partial charge is 0.122 e. The predicted octanol–water partition coefficient (Wildman–Crippen LogP) is 4.48. The fraction of sp³-hybridized carbons (Fsp3) is 0.368. The number of hydrogen-bond acceptors (Lipinski definition) is 2. The fourth-order valence-electron chi connectivity index (χ4n) is 2.49. The molecule has 2 heteroatoms. The van der Waals surface area contributed by atoms with Gasteiger partial charge in [-0.3, -0.25) is 0 Å². The maximum Gasteiger partial charge on any atom is 0.122 e. The van der Waals surface area contributed by atoms with Gasteiger partial charge in [0.25, 0.3) is 0 Å². The molecule has 0 unspecified atom stereocenters. The topological polar surface area (TPSA) is 21.3 Å². The highest BCUT2D eigenvalue weighted by atomic mass is 16.5. The SMILES string of the molecule is COc1cc(C)c(-c2cccc(CNC(C)C)c2)cc1C. The molecule has 112 valence electrons. The molecule has 0 amide bonds. The Labute approximate surface area is 128 Å². The molecule has 0 saturated heterocycles. The zero-order chi connectivity index (χ0) is 15.4. The molecule has 0 heterocycles. The van der Waals surface area contributed by atoms with Crippen LogP contribution in [0.4, 0.5) is 0 Å². The molecule has 0 fully saturated rings. The van der Waals surface area contributed by atoms with Crippen LogP contribution in [0.1, 0.15) is 30.5 Å². The maximum absolute atomic E-state index is 5.40. The highest BCUT2D eigenvalue weighted by Gasteiger charge is 2.07. The Hall–Kier alpha value is -1.80. The van der Waals surface area contributed by atoms with E-state index in [1.54, 1.807) is 7.11 Å². The van der Waals surface area contributed by atoms with Crippen LogP contribution in [0.25, 0.3) is 11.1 Å². The van der Waals surface area contributed by atoms with E-state index in [9.17, 15) is 0 Å². The van der Waals surface area contributed by atoms with Crippen LogP contribution < -0.4 is 10.1 Å². The molecule has 0 bridgehead atoms.